The third kappa shape index (κ3) is 3.09. The third-order valence-corrected chi connectivity index (χ3v) is 6.86. The van der Waals surface area contributed by atoms with Gasteiger partial charge in [0.05, 0.1) is 11.0 Å². The number of H-pyrrole nitrogens is 1. The molecular weight excluding hydrogens is 498 g/mol. The van der Waals surface area contributed by atoms with E-state index in [0.717, 1.165) is 10.0 Å². The van der Waals surface area contributed by atoms with E-state index >= 15 is 0 Å². The Bertz CT molecular complexity index is 1540. The van der Waals surface area contributed by atoms with Gasteiger partial charge in [-0.25, -0.2) is 13.8 Å². The Morgan fingerprint density at radius 1 is 1.24 bits per heavy atom. The fourth-order valence-corrected chi connectivity index (χ4v) is 5.14. The van der Waals surface area contributed by atoms with Crippen molar-refractivity contribution in [1.82, 2.24) is 24.6 Å². The lowest BCUT2D eigenvalue weighted by atomic mass is 9.81. The number of hydrogen-bond acceptors (Lipinski definition) is 5. The van der Waals surface area contributed by atoms with Crippen LogP contribution < -0.4 is 10.5 Å². The minimum Gasteiger partial charge on any atom is -0.317 e. The zero-order valence-corrected chi connectivity index (χ0v) is 19.0. The van der Waals surface area contributed by atoms with Crippen LogP contribution in [0.3, 0.4) is 0 Å². The standard InChI is InChI=1S/C22H17BrF2N6O2/c1-10-4-16-15(6-14(10)21(33)30-3-2-11-5-13(23)9-26-17(11)30)27-20(32)19-29-28-18(31(16)19)12-7-22(24,25)8-12/h4-6,9,12H,2-3,7-8H2,1H3,(H,27,32). The van der Waals surface area contributed by atoms with Crippen LogP contribution in [0.1, 0.15) is 46.1 Å². The smallest absolute Gasteiger partial charge is 0.294 e. The summed E-state index contributed by atoms with van der Waals surface area (Å²) in [6.45, 7) is 2.31. The van der Waals surface area contributed by atoms with Crippen molar-refractivity contribution in [2.24, 2.45) is 0 Å². The van der Waals surface area contributed by atoms with E-state index in [-0.39, 0.29) is 24.4 Å². The molecule has 8 nitrogen and oxygen atoms in total. The second-order valence-electron chi connectivity index (χ2n) is 8.66. The van der Waals surface area contributed by atoms with Crippen LogP contribution in [-0.4, -0.2) is 42.9 Å². The minimum atomic E-state index is -2.72. The maximum absolute atomic E-state index is 13.5. The Morgan fingerprint density at radius 2 is 2.03 bits per heavy atom. The van der Waals surface area contributed by atoms with E-state index in [1.54, 1.807) is 34.6 Å². The number of nitrogens with zero attached hydrogens (tertiary/aromatic N) is 5. The summed E-state index contributed by atoms with van der Waals surface area (Å²) < 4.78 is 29.4. The number of alkyl halides is 2. The Hall–Kier alpha value is -3.21. The van der Waals surface area contributed by atoms with Gasteiger partial charge in [0, 0.05) is 41.5 Å². The lowest BCUT2D eigenvalue weighted by Crippen LogP contribution is -2.35. The van der Waals surface area contributed by atoms with Crippen molar-refractivity contribution in [3.63, 3.8) is 0 Å². The van der Waals surface area contributed by atoms with Crippen LogP contribution in [0.15, 0.2) is 33.7 Å². The Kier molecular flexibility index (Phi) is 4.26. The van der Waals surface area contributed by atoms with Crippen molar-refractivity contribution >= 4 is 44.3 Å². The topological polar surface area (TPSA) is 96.2 Å². The zero-order chi connectivity index (χ0) is 23.1. The Labute approximate surface area is 193 Å². The molecule has 1 aromatic carbocycles. The summed E-state index contributed by atoms with van der Waals surface area (Å²) in [6.07, 6.45) is 1.71. The molecule has 3 aromatic heterocycles. The van der Waals surface area contributed by atoms with E-state index in [0.29, 0.717) is 46.8 Å². The number of aromatic amines is 1. The van der Waals surface area contributed by atoms with Crippen LogP contribution in [0.25, 0.3) is 16.7 Å². The molecule has 11 heteroatoms. The van der Waals surface area contributed by atoms with Crippen LogP contribution in [0.5, 0.6) is 0 Å². The molecule has 6 rings (SSSR count). The summed E-state index contributed by atoms with van der Waals surface area (Å²) in [6, 6.07) is 5.35. The van der Waals surface area contributed by atoms with E-state index in [4.69, 9.17) is 0 Å². The molecule has 0 saturated heterocycles. The largest absolute Gasteiger partial charge is 0.317 e. The SMILES string of the molecule is Cc1cc2c(cc1C(=O)N1CCc3cc(Br)cnc31)[nH]c(=O)c1nnc(C3CC(F)(F)C3)n12. The van der Waals surface area contributed by atoms with Gasteiger partial charge < -0.3 is 4.98 Å². The van der Waals surface area contributed by atoms with Gasteiger partial charge in [-0.05, 0) is 58.6 Å². The molecule has 33 heavy (non-hydrogen) atoms. The molecular formula is C22H17BrF2N6O2. The van der Waals surface area contributed by atoms with Crippen molar-refractivity contribution in [3.05, 3.63) is 61.7 Å². The van der Waals surface area contributed by atoms with Gasteiger partial charge in [-0.3, -0.25) is 18.9 Å². The highest BCUT2D eigenvalue weighted by atomic mass is 79.9. The fourth-order valence-electron chi connectivity index (χ4n) is 4.76. The normalized spacial score (nSPS) is 17.5. The first kappa shape index (κ1) is 20.4. The molecule has 168 valence electrons. The summed E-state index contributed by atoms with van der Waals surface area (Å²) >= 11 is 3.41. The number of nitrogens with one attached hydrogen (secondary N) is 1. The number of halogens is 3. The zero-order valence-electron chi connectivity index (χ0n) is 17.4. The molecule has 2 aliphatic rings. The van der Waals surface area contributed by atoms with E-state index in [1.165, 1.54) is 0 Å². The average molecular weight is 515 g/mol. The van der Waals surface area contributed by atoms with Crippen LogP contribution in [0.2, 0.25) is 0 Å². The molecule has 1 amide bonds. The number of carbonyl (C=O) groups excluding carboxylic acids is 1. The Morgan fingerprint density at radius 3 is 2.79 bits per heavy atom. The number of hydrogen-bond donors (Lipinski definition) is 1. The van der Waals surface area contributed by atoms with Gasteiger partial charge in [0.25, 0.3) is 11.5 Å². The number of pyridine rings is 1. The van der Waals surface area contributed by atoms with Crippen LogP contribution in [0, 0.1) is 6.92 Å². The first-order valence-corrected chi connectivity index (χ1v) is 11.3. The number of aryl methyl sites for hydroxylation is 1. The second kappa shape index (κ2) is 6.89. The lowest BCUT2D eigenvalue weighted by Gasteiger charge is -2.33. The minimum absolute atomic E-state index is 0.0504. The van der Waals surface area contributed by atoms with Crippen LogP contribution >= 0.6 is 15.9 Å². The van der Waals surface area contributed by atoms with Gasteiger partial charge in [0.2, 0.25) is 11.6 Å². The average Bonchev–Trinajstić information content (AvgIpc) is 3.36. The van der Waals surface area contributed by atoms with Crippen molar-refractivity contribution in [3.8, 4) is 0 Å². The molecule has 0 radical (unpaired) electrons. The van der Waals surface area contributed by atoms with Gasteiger partial charge in [0.15, 0.2) is 0 Å². The number of carbonyl (C=O) groups is 1. The van der Waals surface area contributed by atoms with E-state index < -0.39 is 17.4 Å². The number of amides is 1. The molecule has 0 unspecified atom stereocenters. The van der Waals surface area contributed by atoms with Gasteiger partial charge in [-0.1, -0.05) is 0 Å². The monoisotopic (exact) mass is 514 g/mol. The number of benzene rings is 1. The molecule has 0 bridgehead atoms. The summed E-state index contributed by atoms with van der Waals surface area (Å²) in [7, 11) is 0. The highest BCUT2D eigenvalue weighted by Gasteiger charge is 2.48. The lowest BCUT2D eigenvalue weighted by molar-refractivity contribution is -0.0886. The first-order chi connectivity index (χ1) is 15.7. The summed E-state index contributed by atoms with van der Waals surface area (Å²) in [5, 5.41) is 7.99. The number of fused-ring (bicyclic) bond motifs is 4. The van der Waals surface area contributed by atoms with Crippen LogP contribution in [0.4, 0.5) is 14.6 Å². The van der Waals surface area contributed by atoms with Gasteiger partial charge in [0.1, 0.15) is 11.6 Å². The van der Waals surface area contributed by atoms with Crippen molar-refractivity contribution in [1.29, 1.82) is 0 Å². The van der Waals surface area contributed by atoms with Crippen molar-refractivity contribution in [2.45, 2.75) is 38.0 Å². The fraction of sp³-hybridized carbons (Fsp3) is 0.318. The maximum Gasteiger partial charge on any atom is 0.294 e. The van der Waals surface area contributed by atoms with Gasteiger partial charge in [-0.2, -0.15) is 0 Å². The molecule has 1 aliphatic carbocycles. The molecule has 1 aliphatic heterocycles. The quantitative estimate of drug-likeness (QED) is 0.439. The second-order valence-corrected chi connectivity index (χ2v) is 9.58. The maximum atomic E-state index is 13.5. The van der Waals surface area contributed by atoms with Crippen molar-refractivity contribution < 1.29 is 13.6 Å². The molecule has 1 saturated carbocycles. The summed E-state index contributed by atoms with van der Waals surface area (Å²) in [4.78, 5) is 34.9. The first-order valence-electron chi connectivity index (χ1n) is 10.5. The Balaban J connectivity index is 1.47. The number of rotatable bonds is 2. The molecule has 4 aromatic rings. The molecule has 1 fully saturated rings. The van der Waals surface area contributed by atoms with Crippen LogP contribution in [-0.2, 0) is 6.42 Å². The summed E-state index contributed by atoms with van der Waals surface area (Å²) in [5.41, 5.74) is 2.64. The molecule has 0 atom stereocenters. The highest BCUT2D eigenvalue weighted by Crippen LogP contribution is 2.47. The van der Waals surface area contributed by atoms with E-state index in [9.17, 15) is 18.4 Å². The highest BCUT2D eigenvalue weighted by molar-refractivity contribution is 9.10. The van der Waals surface area contributed by atoms with E-state index in [2.05, 4.69) is 36.1 Å². The molecule has 4 heterocycles. The summed E-state index contributed by atoms with van der Waals surface area (Å²) in [5.74, 6) is -2.45. The predicted octanol–water partition coefficient (Wildman–Crippen LogP) is 3.75. The predicted molar refractivity (Wildman–Crippen MR) is 120 cm³/mol. The van der Waals surface area contributed by atoms with Gasteiger partial charge in [-0.15, -0.1) is 10.2 Å². The van der Waals surface area contributed by atoms with E-state index in [1.807, 2.05) is 6.07 Å². The third-order valence-electron chi connectivity index (χ3n) is 6.42. The molecule has 0 spiro atoms. The van der Waals surface area contributed by atoms with Crippen molar-refractivity contribution in [2.75, 3.05) is 11.4 Å². The number of anilines is 1. The van der Waals surface area contributed by atoms with Gasteiger partial charge >= 0.3 is 0 Å². The number of aromatic nitrogens is 5. The molecule has 1 N–H and O–H groups in total.